The highest BCUT2D eigenvalue weighted by molar-refractivity contribution is 5.26. The van der Waals surface area contributed by atoms with Crippen molar-refractivity contribution in [2.45, 2.75) is 31.7 Å². The van der Waals surface area contributed by atoms with Crippen LogP contribution in [0, 0.1) is 5.92 Å². The molecule has 0 amide bonds. The Balaban J connectivity index is 1.97. The fraction of sp³-hybridized carbons (Fsp3) is 0.600. The minimum absolute atomic E-state index is 0.0174. The molecule has 0 aromatic heterocycles. The summed E-state index contributed by atoms with van der Waals surface area (Å²) < 4.78 is 43.5. The van der Waals surface area contributed by atoms with Gasteiger partial charge in [0.25, 0.3) is 0 Å². The van der Waals surface area contributed by atoms with Crippen molar-refractivity contribution in [2.75, 3.05) is 19.7 Å². The summed E-state index contributed by atoms with van der Waals surface area (Å²) in [4.78, 5) is 0. The van der Waals surface area contributed by atoms with Gasteiger partial charge in [0, 0.05) is 13.1 Å². The number of hydrogen-bond donors (Lipinski definition) is 2. The number of ether oxygens (including phenoxy) is 1. The quantitative estimate of drug-likeness (QED) is 0.822. The fourth-order valence-corrected chi connectivity index (χ4v) is 2.56. The largest absolute Gasteiger partial charge is 0.416 e. The van der Waals surface area contributed by atoms with Crippen molar-refractivity contribution in [3.05, 3.63) is 35.4 Å². The second kappa shape index (κ2) is 6.77. The molecule has 2 rings (SSSR count). The van der Waals surface area contributed by atoms with Gasteiger partial charge in [0.2, 0.25) is 0 Å². The molecule has 1 heterocycles. The van der Waals surface area contributed by atoms with Gasteiger partial charge in [-0.15, -0.1) is 0 Å². The van der Waals surface area contributed by atoms with E-state index in [-0.39, 0.29) is 18.8 Å². The number of hydrogen-bond acceptors (Lipinski definition) is 3. The van der Waals surface area contributed by atoms with Crippen LogP contribution in [0.1, 0.15) is 30.6 Å². The van der Waals surface area contributed by atoms with E-state index in [9.17, 15) is 13.2 Å². The Morgan fingerprint density at radius 1 is 1.29 bits per heavy atom. The molecule has 1 aliphatic rings. The maximum atomic E-state index is 12.5. The van der Waals surface area contributed by atoms with Crippen LogP contribution < -0.4 is 5.32 Å². The Morgan fingerprint density at radius 2 is 1.95 bits per heavy atom. The van der Waals surface area contributed by atoms with Crippen LogP contribution in [0.3, 0.4) is 0 Å². The molecule has 21 heavy (non-hydrogen) atoms. The summed E-state index contributed by atoms with van der Waals surface area (Å²) in [6.07, 6.45) is -3.66. The molecule has 0 saturated carbocycles. The van der Waals surface area contributed by atoms with Gasteiger partial charge in [0.1, 0.15) is 0 Å². The van der Waals surface area contributed by atoms with E-state index < -0.39 is 11.7 Å². The van der Waals surface area contributed by atoms with Crippen LogP contribution >= 0.6 is 0 Å². The lowest BCUT2D eigenvalue weighted by Crippen LogP contribution is -2.31. The lowest BCUT2D eigenvalue weighted by atomic mass is 9.97. The lowest BCUT2D eigenvalue weighted by molar-refractivity contribution is -0.137. The highest BCUT2D eigenvalue weighted by Crippen LogP contribution is 2.37. The molecule has 1 saturated heterocycles. The van der Waals surface area contributed by atoms with E-state index in [1.807, 2.05) is 0 Å². The summed E-state index contributed by atoms with van der Waals surface area (Å²) in [6.45, 7) is 3.29. The molecule has 6 heteroatoms. The Morgan fingerprint density at radius 3 is 2.52 bits per heavy atom. The monoisotopic (exact) mass is 303 g/mol. The number of benzene rings is 1. The van der Waals surface area contributed by atoms with Crippen LogP contribution in [-0.2, 0) is 10.9 Å². The van der Waals surface area contributed by atoms with E-state index in [2.05, 4.69) is 12.2 Å². The van der Waals surface area contributed by atoms with E-state index in [0.29, 0.717) is 19.0 Å². The Labute approximate surface area is 122 Å². The lowest BCUT2D eigenvalue weighted by Gasteiger charge is -2.16. The molecule has 1 aliphatic heterocycles. The predicted octanol–water partition coefficient (Wildman–Crippen LogP) is 2.75. The first-order valence-electron chi connectivity index (χ1n) is 7.06. The van der Waals surface area contributed by atoms with Gasteiger partial charge in [-0.25, -0.2) is 0 Å². The van der Waals surface area contributed by atoms with Crippen LogP contribution in [0.4, 0.5) is 13.2 Å². The molecular formula is C15H20F3NO2. The second-order valence-corrected chi connectivity index (χ2v) is 5.42. The van der Waals surface area contributed by atoms with Crippen LogP contribution in [0.2, 0.25) is 0 Å². The van der Waals surface area contributed by atoms with E-state index in [1.54, 1.807) is 0 Å². The maximum absolute atomic E-state index is 12.5. The Bertz CT molecular complexity index is 447. The molecule has 118 valence electrons. The average Bonchev–Trinajstić information content (AvgIpc) is 2.80. The molecule has 0 aliphatic carbocycles. The summed E-state index contributed by atoms with van der Waals surface area (Å²) in [5.74, 6) is 0.323. The molecule has 3 unspecified atom stereocenters. The fourth-order valence-electron chi connectivity index (χ4n) is 2.56. The van der Waals surface area contributed by atoms with E-state index in [4.69, 9.17) is 9.84 Å². The van der Waals surface area contributed by atoms with Crippen molar-refractivity contribution >= 4 is 0 Å². The summed E-state index contributed by atoms with van der Waals surface area (Å²) in [5.41, 5.74) is 0.137. The average molecular weight is 303 g/mol. The summed E-state index contributed by atoms with van der Waals surface area (Å²) >= 11 is 0. The van der Waals surface area contributed by atoms with Gasteiger partial charge in [-0.2, -0.15) is 13.2 Å². The van der Waals surface area contributed by atoms with Crippen molar-refractivity contribution in [1.29, 1.82) is 0 Å². The normalized spacial score (nSPS) is 26.2. The number of aliphatic hydroxyl groups excluding tert-OH is 1. The van der Waals surface area contributed by atoms with Crippen LogP contribution in [0.25, 0.3) is 0 Å². The Kier molecular flexibility index (Phi) is 5.24. The highest BCUT2D eigenvalue weighted by atomic mass is 19.4. The molecule has 3 atom stereocenters. The molecule has 0 spiro atoms. The number of rotatable bonds is 5. The third-order valence-electron chi connectivity index (χ3n) is 3.80. The molecule has 3 nitrogen and oxygen atoms in total. The van der Waals surface area contributed by atoms with Gasteiger partial charge >= 0.3 is 6.18 Å². The SMILES string of the molecule is CC1CC(c2ccc(C(F)(F)F)cc2)OC1CNCCO. The van der Waals surface area contributed by atoms with Crippen molar-refractivity contribution < 1.29 is 23.0 Å². The maximum Gasteiger partial charge on any atom is 0.416 e. The minimum atomic E-state index is -4.31. The minimum Gasteiger partial charge on any atom is -0.395 e. The smallest absolute Gasteiger partial charge is 0.395 e. The highest BCUT2D eigenvalue weighted by Gasteiger charge is 2.34. The second-order valence-electron chi connectivity index (χ2n) is 5.42. The predicted molar refractivity (Wildman–Crippen MR) is 72.8 cm³/mol. The first-order valence-corrected chi connectivity index (χ1v) is 7.06. The van der Waals surface area contributed by atoms with E-state index in [0.717, 1.165) is 24.1 Å². The van der Waals surface area contributed by atoms with Gasteiger partial charge in [0.15, 0.2) is 0 Å². The number of halogens is 3. The van der Waals surface area contributed by atoms with Gasteiger partial charge < -0.3 is 15.2 Å². The van der Waals surface area contributed by atoms with Crippen LogP contribution in [0.15, 0.2) is 24.3 Å². The zero-order valence-corrected chi connectivity index (χ0v) is 11.9. The molecule has 0 bridgehead atoms. The zero-order chi connectivity index (χ0) is 15.5. The standard InChI is InChI=1S/C15H20F3NO2/c1-10-8-13(21-14(10)9-19-6-7-20)11-2-4-12(5-3-11)15(16,17)18/h2-5,10,13-14,19-20H,6-9H2,1H3. The van der Waals surface area contributed by atoms with Gasteiger partial charge in [-0.3, -0.25) is 0 Å². The third-order valence-corrected chi connectivity index (χ3v) is 3.80. The number of alkyl halides is 3. The van der Waals surface area contributed by atoms with Gasteiger partial charge in [-0.1, -0.05) is 19.1 Å². The zero-order valence-electron chi connectivity index (χ0n) is 11.9. The van der Waals surface area contributed by atoms with Gasteiger partial charge in [-0.05, 0) is 30.0 Å². The van der Waals surface area contributed by atoms with Crippen LogP contribution in [0.5, 0.6) is 0 Å². The molecule has 2 N–H and O–H groups in total. The first kappa shape index (κ1) is 16.3. The molecule has 1 aromatic rings. The van der Waals surface area contributed by atoms with Crippen molar-refractivity contribution in [1.82, 2.24) is 5.32 Å². The van der Waals surface area contributed by atoms with E-state index >= 15 is 0 Å². The summed E-state index contributed by atoms with van der Waals surface area (Å²) in [7, 11) is 0. The number of aliphatic hydroxyl groups is 1. The first-order chi connectivity index (χ1) is 9.91. The molecule has 1 fully saturated rings. The Hall–Kier alpha value is -1.11. The number of nitrogens with one attached hydrogen (secondary N) is 1. The molecule has 1 aromatic carbocycles. The summed E-state index contributed by atoms with van der Waals surface area (Å²) in [6, 6.07) is 5.18. The van der Waals surface area contributed by atoms with Crippen molar-refractivity contribution in [3.8, 4) is 0 Å². The third kappa shape index (κ3) is 4.18. The van der Waals surface area contributed by atoms with Crippen LogP contribution in [-0.4, -0.2) is 30.9 Å². The molecule has 0 radical (unpaired) electrons. The topological polar surface area (TPSA) is 41.5 Å². The summed E-state index contributed by atoms with van der Waals surface area (Å²) in [5, 5.41) is 11.8. The molecular weight excluding hydrogens is 283 g/mol. The van der Waals surface area contributed by atoms with Crippen molar-refractivity contribution in [3.63, 3.8) is 0 Å². The van der Waals surface area contributed by atoms with E-state index in [1.165, 1.54) is 12.1 Å². The van der Waals surface area contributed by atoms with Gasteiger partial charge in [0.05, 0.1) is 24.4 Å². The van der Waals surface area contributed by atoms with Crippen molar-refractivity contribution in [2.24, 2.45) is 5.92 Å².